The molecular formula is C27H30N4O3. The van der Waals surface area contributed by atoms with Crippen LogP contribution in [0.5, 0.6) is 5.75 Å². The zero-order valence-electron chi connectivity index (χ0n) is 19.3. The molecule has 1 aliphatic rings. The molecule has 0 spiro atoms. The highest BCUT2D eigenvalue weighted by atomic mass is 16.5. The van der Waals surface area contributed by atoms with E-state index in [2.05, 4.69) is 10.2 Å². The number of benzene rings is 3. The maximum absolute atomic E-state index is 13.1. The Kier molecular flexibility index (Phi) is 7.44. The molecule has 0 aliphatic carbocycles. The van der Waals surface area contributed by atoms with E-state index in [0.29, 0.717) is 19.6 Å². The summed E-state index contributed by atoms with van der Waals surface area (Å²) in [6.45, 7) is 1.76. The van der Waals surface area contributed by atoms with Gasteiger partial charge < -0.3 is 20.7 Å². The average Bonchev–Trinajstić information content (AvgIpc) is 2.88. The lowest BCUT2D eigenvalue weighted by molar-refractivity contribution is -0.127. The first kappa shape index (κ1) is 23.3. The number of carbonyl (C=O) groups is 2. The van der Waals surface area contributed by atoms with E-state index in [-0.39, 0.29) is 18.5 Å². The van der Waals surface area contributed by atoms with E-state index >= 15 is 0 Å². The molecule has 7 heteroatoms. The van der Waals surface area contributed by atoms with Crippen LogP contribution in [0.2, 0.25) is 0 Å². The quantitative estimate of drug-likeness (QED) is 0.542. The SMILES string of the molecule is COc1ccc(N2CCN(CC(=O)NC(c3ccccc3)c3ccccc3)C(C(N)=O)C2)cc1. The van der Waals surface area contributed by atoms with Crippen LogP contribution >= 0.6 is 0 Å². The second-order valence-corrected chi connectivity index (χ2v) is 8.35. The van der Waals surface area contributed by atoms with Gasteiger partial charge in [0.15, 0.2) is 0 Å². The standard InChI is InChI=1S/C27H30N4O3/c1-34-23-14-12-22(13-15-23)30-16-17-31(24(18-30)27(28)33)19-25(32)29-26(20-8-4-2-5-9-20)21-10-6-3-7-11-21/h2-15,24,26H,16-19H2,1H3,(H2,28,33)(H,29,32). The Hall–Kier alpha value is -3.84. The van der Waals surface area contributed by atoms with Gasteiger partial charge in [-0.15, -0.1) is 0 Å². The van der Waals surface area contributed by atoms with Crippen molar-refractivity contribution < 1.29 is 14.3 Å². The molecule has 1 fully saturated rings. The summed E-state index contributed by atoms with van der Waals surface area (Å²) >= 11 is 0. The van der Waals surface area contributed by atoms with Crippen LogP contribution in [-0.4, -0.2) is 56.0 Å². The summed E-state index contributed by atoms with van der Waals surface area (Å²) in [7, 11) is 1.63. The first-order valence-electron chi connectivity index (χ1n) is 11.4. The predicted octanol–water partition coefficient (Wildman–Crippen LogP) is 2.58. The van der Waals surface area contributed by atoms with Crippen LogP contribution in [0.4, 0.5) is 5.69 Å². The van der Waals surface area contributed by atoms with Crippen molar-refractivity contribution in [3.05, 3.63) is 96.1 Å². The van der Waals surface area contributed by atoms with E-state index in [1.54, 1.807) is 7.11 Å². The Morgan fingerprint density at radius 1 is 0.941 bits per heavy atom. The van der Waals surface area contributed by atoms with Gasteiger partial charge in [-0.2, -0.15) is 0 Å². The number of nitrogens with zero attached hydrogens (tertiary/aromatic N) is 2. The lowest BCUT2D eigenvalue weighted by Crippen LogP contribution is -2.60. The van der Waals surface area contributed by atoms with Crippen LogP contribution in [0, 0.1) is 0 Å². The van der Waals surface area contributed by atoms with Crippen LogP contribution in [0.1, 0.15) is 17.2 Å². The Labute approximate surface area is 200 Å². The molecular weight excluding hydrogens is 428 g/mol. The first-order chi connectivity index (χ1) is 16.5. The molecule has 176 valence electrons. The second-order valence-electron chi connectivity index (χ2n) is 8.35. The van der Waals surface area contributed by atoms with Crippen LogP contribution in [-0.2, 0) is 9.59 Å². The predicted molar refractivity (Wildman–Crippen MR) is 133 cm³/mol. The molecule has 7 nitrogen and oxygen atoms in total. The van der Waals surface area contributed by atoms with Gasteiger partial charge in [0.05, 0.1) is 19.7 Å². The lowest BCUT2D eigenvalue weighted by Gasteiger charge is -2.40. The molecule has 4 rings (SSSR count). The molecule has 1 unspecified atom stereocenters. The maximum Gasteiger partial charge on any atom is 0.236 e. The maximum atomic E-state index is 13.1. The monoisotopic (exact) mass is 458 g/mol. The van der Waals surface area contributed by atoms with Crippen molar-refractivity contribution in [2.75, 3.05) is 38.2 Å². The van der Waals surface area contributed by atoms with Gasteiger partial charge in [0.1, 0.15) is 11.8 Å². The summed E-state index contributed by atoms with van der Waals surface area (Å²) in [5, 5.41) is 3.15. The largest absolute Gasteiger partial charge is 0.497 e. The molecule has 1 saturated heterocycles. The number of anilines is 1. The van der Waals surface area contributed by atoms with Crippen molar-refractivity contribution in [3.63, 3.8) is 0 Å². The van der Waals surface area contributed by atoms with Crippen LogP contribution in [0.25, 0.3) is 0 Å². The third kappa shape index (κ3) is 5.55. The van der Waals surface area contributed by atoms with Crippen LogP contribution in [0.15, 0.2) is 84.9 Å². The van der Waals surface area contributed by atoms with E-state index in [1.807, 2.05) is 89.8 Å². The van der Waals surface area contributed by atoms with E-state index in [4.69, 9.17) is 10.5 Å². The third-order valence-electron chi connectivity index (χ3n) is 6.18. The summed E-state index contributed by atoms with van der Waals surface area (Å²) in [5.41, 5.74) is 8.73. The molecule has 3 N–H and O–H groups in total. The van der Waals surface area contributed by atoms with Gasteiger partial charge in [-0.05, 0) is 35.4 Å². The Balaban J connectivity index is 1.45. The Morgan fingerprint density at radius 3 is 2.06 bits per heavy atom. The van der Waals surface area contributed by atoms with Crippen molar-refractivity contribution in [1.29, 1.82) is 0 Å². The molecule has 34 heavy (non-hydrogen) atoms. The van der Waals surface area contributed by atoms with Gasteiger partial charge in [0.25, 0.3) is 0 Å². The van der Waals surface area contributed by atoms with Gasteiger partial charge >= 0.3 is 0 Å². The van der Waals surface area contributed by atoms with Crippen LogP contribution < -0.4 is 20.7 Å². The minimum absolute atomic E-state index is 0.0974. The van der Waals surface area contributed by atoms with Gasteiger partial charge in [-0.1, -0.05) is 60.7 Å². The molecule has 2 amide bonds. The Morgan fingerprint density at radius 2 is 1.53 bits per heavy atom. The summed E-state index contributed by atoms with van der Waals surface area (Å²) in [6.07, 6.45) is 0. The molecule has 0 aromatic heterocycles. The topological polar surface area (TPSA) is 87.9 Å². The minimum atomic E-state index is -0.562. The molecule has 3 aromatic rings. The second kappa shape index (κ2) is 10.9. The average molecular weight is 459 g/mol. The molecule has 1 aliphatic heterocycles. The number of nitrogens with two attached hydrogens (primary N) is 1. The fourth-order valence-electron chi connectivity index (χ4n) is 4.35. The number of nitrogens with one attached hydrogen (secondary N) is 1. The highest BCUT2D eigenvalue weighted by Crippen LogP contribution is 2.24. The summed E-state index contributed by atoms with van der Waals surface area (Å²) in [6, 6.07) is 26.6. The number of primary amides is 1. The number of carbonyl (C=O) groups excluding carboxylic acids is 2. The highest BCUT2D eigenvalue weighted by molar-refractivity contribution is 5.83. The number of hydrogen-bond acceptors (Lipinski definition) is 5. The number of rotatable bonds is 8. The summed E-state index contributed by atoms with van der Waals surface area (Å²) in [4.78, 5) is 29.4. The number of amides is 2. The van der Waals surface area contributed by atoms with E-state index in [0.717, 1.165) is 22.6 Å². The smallest absolute Gasteiger partial charge is 0.236 e. The molecule has 1 atom stereocenters. The highest BCUT2D eigenvalue weighted by Gasteiger charge is 2.32. The molecule has 0 radical (unpaired) electrons. The van der Waals surface area contributed by atoms with Crippen molar-refractivity contribution in [1.82, 2.24) is 10.2 Å². The van der Waals surface area contributed by atoms with E-state index in [1.165, 1.54) is 0 Å². The van der Waals surface area contributed by atoms with Crippen molar-refractivity contribution >= 4 is 17.5 Å². The Bertz CT molecular complexity index is 1050. The number of ether oxygens (including phenoxy) is 1. The number of methoxy groups -OCH3 is 1. The van der Waals surface area contributed by atoms with Gasteiger partial charge in [0.2, 0.25) is 11.8 Å². The zero-order chi connectivity index (χ0) is 23.9. The normalized spacial score (nSPS) is 16.3. The third-order valence-corrected chi connectivity index (χ3v) is 6.18. The number of piperazine rings is 1. The fraction of sp³-hybridized carbons (Fsp3) is 0.259. The van der Waals surface area contributed by atoms with Crippen LogP contribution in [0.3, 0.4) is 0 Å². The lowest BCUT2D eigenvalue weighted by atomic mass is 9.98. The van der Waals surface area contributed by atoms with Gasteiger partial charge in [-0.25, -0.2) is 0 Å². The van der Waals surface area contributed by atoms with Gasteiger partial charge in [0, 0.05) is 25.3 Å². The molecule has 3 aromatic carbocycles. The fourth-order valence-corrected chi connectivity index (χ4v) is 4.35. The molecule has 0 saturated carbocycles. The first-order valence-corrected chi connectivity index (χ1v) is 11.4. The summed E-state index contributed by atoms with van der Waals surface area (Å²) < 4.78 is 5.23. The van der Waals surface area contributed by atoms with Crippen molar-refractivity contribution in [3.8, 4) is 5.75 Å². The molecule has 1 heterocycles. The zero-order valence-corrected chi connectivity index (χ0v) is 19.3. The van der Waals surface area contributed by atoms with Crippen molar-refractivity contribution in [2.24, 2.45) is 5.73 Å². The van der Waals surface area contributed by atoms with E-state index < -0.39 is 11.9 Å². The van der Waals surface area contributed by atoms with Crippen molar-refractivity contribution in [2.45, 2.75) is 12.1 Å². The number of hydrogen-bond donors (Lipinski definition) is 2. The summed E-state index contributed by atoms with van der Waals surface area (Å²) in [5.74, 6) is 0.187. The molecule has 0 bridgehead atoms. The van der Waals surface area contributed by atoms with Gasteiger partial charge in [-0.3, -0.25) is 14.5 Å². The van der Waals surface area contributed by atoms with E-state index in [9.17, 15) is 9.59 Å². The minimum Gasteiger partial charge on any atom is -0.497 e.